The number of rotatable bonds is 0. The van der Waals surface area contributed by atoms with Crippen LogP contribution in [0.15, 0.2) is 0 Å². The van der Waals surface area contributed by atoms with E-state index in [1.807, 2.05) is 0 Å². The molecular formula is H3ClFNO7. The zero-order chi connectivity index (χ0) is 8.08. The van der Waals surface area contributed by atoms with E-state index in [9.17, 15) is 0 Å². The Labute approximate surface area is 55.1 Å². The summed E-state index contributed by atoms with van der Waals surface area (Å²) in [5.74, 6) is 0. The molecule has 0 bridgehead atoms. The summed E-state index contributed by atoms with van der Waals surface area (Å²) in [6, 6.07) is 0. The van der Waals surface area contributed by atoms with Gasteiger partial charge in [0.05, 0.1) is 14.9 Å². The van der Waals surface area contributed by atoms with Gasteiger partial charge in [-0.1, -0.05) is 0 Å². The van der Waals surface area contributed by atoms with Crippen LogP contribution in [0.25, 0.3) is 0 Å². The predicted molar refractivity (Wildman–Crippen MR) is 13.5 cm³/mol. The second-order valence-corrected chi connectivity index (χ2v) is 1.43. The van der Waals surface area contributed by atoms with Gasteiger partial charge in [0.1, 0.15) is 0 Å². The lowest BCUT2D eigenvalue weighted by atomic mass is 13.1. The van der Waals surface area contributed by atoms with Crippen molar-refractivity contribution in [3.63, 3.8) is 0 Å². The van der Waals surface area contributed by atoms with E-state index in [-0.39, 0.29) is 4.70 Å². The molecule has 0 radical (unpaired) electrons. The van der Waals surface area contributed by atoms with Crippen LogP contribution in [0, 0.1) is 20.4 Å². The van der Waals surface area contributed by atoms with Crippen molar-refractivity contribution in [1.82, 2.24) is 0 Å². The van der Waals surface area contributed by atoms with Gasteiger partial charge in [-0.15, -0.1) is 10.1 Å². The molecule has 0 spiro atoms. The molecule has 0 heterocycles. The molecule has 0 unspecified atom stereocenters. The average molecular weight is 183 g/mol. The molecule has 10 heavy (non-hydrogen) atoms. The molecule has 8 nitrogen and oxygen atoms in total. The Hall–Kier alpha value is -0.740. The molecule has 0 aromatic rings. The van der Waals surface area contributed by atoms with E-state index in [1.165, 1.54) is 0 Å². The first-order valence-electron chi connectivity index (χ1n) is 1.20. The molecule has 0 rings (SSSR count). The molecule has 10 heteroatoms. The first-order chi connectivity index (χ1) is 3.73. The molecule has 0 fully saturated rings. The van der Waals surface area contributed by atoms with Crippen LogP contribution >= 0.6 is 0 Å². The number of hydrogen-bond acceptors (Lipinski definition) is 6. The lowest BCUT2D eigenvalue weighted by Gasteiger charge is -2.03. The molecule has 0 saturated carbocycles. The van der Waals surface area contributed by atoms with Gasteiger partial charge in [-0.3, -0.25) is 4.70 Å². The smallest absolute Gasteiger partial charge is 0.291 e. The van der Waals surface area contributed by atoms with Crippen molar-refractivity contribution >= 4 is 0 Å². The minimum absolute atomic E-state index is 0. The van der Waals surface area contributed by atoms with Gasteiger partial charge in [0.2, 0.25) is 0 Å². The normalized spacial score (nSPS) is 8.40. The minimum atomic E-state index is -4.69. The van der Waals surface area contributed by atoms with Crippen LogP contribution < -0.4 is 14.0 Å². The maximum Gasteiger partial charge on any atom is 0.291 e. The van der Waals surface area contributed by atoms with E-state index in [0.29, 0.717) is 0 Å². The third-order valence-electron chi connectivity index (χ3n) is 0. The van der Waals surface area contributed by atoms with Crippen LogP contribution in [0.5, 0.6) is 0 Å². The van der Waals surface area contributed by atoms with E-state index in [2.05, 4.69) is 0 Å². The number of nitrogens with zero attached hydrogens (tertiary/aromatic N) is 1. The second kappa shape index (κ2) is 6.38. The lowest BCUT2D eigenvalue weighted by molar-refractivity contribution is -1.92. The molecule has 0 atom stereocenters. The molecule has 0 saturated heterocycles. The highest BCUT2D eigenvalue weighted by molar-refractivity contribution is 3.83. The van der Waals surface area contributed by atoms with Crippen LogP contribution in [0.4, 0.5) is 4.70 Å². The van der Waals surface area contributed by atoms with Crippen molar-refractivity contribution in [3.05, 3.63) is 10.1 Å². The zero-order valence-electron chi connectivity index (χ0n) is 4.17. The molecule has 64 valence electrons. The standard InChI is InChI=1S/ClHO4.FH.HNO3/c2-1(3,4)5;;2-1(3)4/h(H,2,3,4,5);1H;(H,2,3,4). The number of halogens is 2. The fourth-order valence-corrected chi connectivity index (χ4v) is 0. The van der Waals surface area contributed by atoms with E-state index < -0.39 is 15.3 Å². The van der Waals surface area contributed by atoms with Gasteiger partial charge in [-0.25, -0.2) is 0 Å². The van der Waals surface area contributed by atoms with Crippen LogP contribution in [-0.4, -0.2) is 15.0 Å². The Balaban J connectivity index is -0.0000000910. The third kappa shape index (κ3) is 520. The summed E-state index contributed by atoms with van der Waals surface area (Å²) in [7, 11) is -4.69. The highest BCUT2D eigenvalue weighted by atomic mass is 35.7. The Morgan fingerprint density at radius 1 is 1.30 bits per heavy atom. The Kier molecular flexibility index (Phi) is 10.3. The third-order valence-corrected chi connectivity index (χ3v) is 0. The molecule has 2 N–H and O–H groups in total. The summed E-state index contributed by atoms with van der Waals surface area (Å²) in [6.45, 7) is 0. The summed E-state index contributed by atoms with van der Waals surface area (Å²) >= 11 is 0. The maximum atomic E-state index is 8.60. The molecule has 0 aliphatic carbocycles. The fourth-order valence-electron chi connectivity index (χ4n) is 0. The average Bonchev–Trinajstić information content (AvgIpc) is 1.19. The quantitative estimate of drug-likeness (QED) is 0.284. The van der Waals surface area contributed by atoms with Crippen molar-refractivity contribution < 1.29 is 43.9 Å². The van der Waals surface area contributed by atoms with Gasteiger partial charge in [-0.05, 0) is 0 Å². The first kappa shape index (κ1) is 16.1. The van der Waals surface area contributed by atoms with Crippen LogP contribution in [0.3, 0.4) is 0 Å². The Morgan fingerprint density at radius 2 is 1.30 bits per heavy atom. The monoisotopic (exact) mass is 183 g/mol. The van der Waals surface area contributed by atoms with E-state index in [0.717, 1.165) is 0 Å². The zero-order valence-corrected chi connectivity index (χ0v) is 4.93. The van der Waals surface area contributed by atoms with Crippen molar-refractivity contribution in [2.75, 3.05) is 0 Å². The maximum absolute atomic E-state index is 8.60. The summed E-state index contributed by atoms with van der Waals surface area (Å²) in [5.41, 5.74) is 0. The predicted octanol–water partition coefficient (Wildman–Crippen LogP) is -4.32. The summed E-state index contributed by atoms with van der Waals surface area (Å²) < 4.78 is 32.7. The van der Waals surface area contributed by atoms with Gasteiger partial charge in [0.15, 0.2) is 0 Å². The van der Waals surface area contributed by atoms with Gasteiger partial charge in [0.25, 0.3) is 5.09 Å². The highest BCUT2D eigenvalue weighted by Gasteiger charge is 1.98. The van der Waals surface area contributed by atoms with Crippen LogP contribution in [-0.2, 0) is 0 Å². The van der Waals surface area contributed by atoms with Gasteiger partial charge in [-0.2, -0.15) is 14.0 Å². The second-order valence-electron chi connectivity index (χ2n) is 0.634. The summed E-state index contributed by atoms with van der Waals surface area (Å²) in [4.78, 5) is 8.36. The molecule has 0 aromatic carbocycles. The molecule has 0 aliphatic rings. The van der Waals surface area contributed by atoms with E-state index >= 15 is 0 Å². The van der Waals surface area contributed by atoms with Gasteiger partial charge < -0.3 is 5.21 Å². The largest absolute Gasteiger partial charge is 0.328 e. The van der Waals surface area contributed by atoms with Crippen molar-refractivity contribution in [2.45, 2.75) is 0 Å². The molecule has 0 amide bonds. The topological polar surface area (TPSA) is 153 Å². The SMILES string of the molecule is F.O=[N+]([O-])O.[O-][Cl+3]([O-])([O-])O. The molecular weight excluding hydrogens is 180 g/mol. The van der Waals surface area contributed by atoms with E-state index in [1.54, 1.807) is 0 Å². The molecule has 0 aromatic heterocycles. The summed E-state index contributed by atoms with van der Waals surface area (Å²) in [6.07, 6.45) is 0. The van der Waals surface area contributed by atoms with Crippen molar-refractivity contribution in [2.24, 2.45) is 0 Å². The fraction of sp³-hybridized carbons (Fsp3) is 0. The summed E-state index contributed by atoms with van der Waals surface area (Å²) in [5, 5.41) is 13.6. The van der Waals surface area contributed by atoms with Gasteiger partial charge >= 0.3 is 0 Å². The lowest BCUT2D eigenvalue weighted by Crippen LogP contribution is -2.58. The van der Waals surface area contributed by atoms with E-state index in [4.69, 9.17) is 34.0 Å². The number of hydrogen-bond donors (Lipinski definition) is 2. The van der Waals surface area contributed by atoms with Crippen molar-refractivity contribution in [1.29, 1.82) is 0 Å². The first-order valence-corrected chi connectivity index (χ1v) is 2.46. The van der Waals surface area contributed by atoms with Crippen LogP contribution in [0.1, 0.15) is 0 Å². The van der Waals surface area contributed by atoms with Gasteiger partial charge in [0, 0.05) is 0 Å². The Morgan fingerprint density at radius 3 is 1.30 bits per heavy atom. The van der Waals surface area contributed by atoms with Crippen LogP contribution in [0.2, 0.25) is 0 Å². The molecule has 0 aliphatic heterocycles. The van der Waals surface area contributed by atoms with Crippen molar-refractivity contribution in [3.8, 4) is 0 Å². The Bertz CT molecular complexity index is 76.1. The highest BCUT2D eigenvalue weighted by Crippen LogP contribution is 1.60. The minimum Gasteiger partial charge on any atom is -0.328 e.